The number of hydrogen-bond acceptors (Lipinski definition) is 3. The summed E-state index contributed by atoms with van der Waals surface area (Å²) in [6, 6.07) is 2.30. The predicted octanol–water partition coefficient (Wildman–Crippen LogP) is 2.15. The minimum absolute atomic E-state index is 0.103. The van der Waals surface area contributed by atoms with Gasteiger partial charge in [-0.1, -0.05) is 0 Å². The van der Waals surface area contributed by atoms with E-state index in [1.807, 2.05) is 22.6 Å². The summed E-state index contributed by atoms with van der Waals surface area (Å²) in [5, 5.41) is 21.4. The maximum Gasteiger partial charge on any atom is 0.142 e. The van der Waals surface area contributed by atoms with Gasteiger partial charge >= 0.3 is 0 Å². The molecule has 6 heteroatoms. The Balaban J connectivity index is 2.77. The van der Waals surface area contributed by atoms with Crippen LogP contribution in [0.4, 0.5) is 10.1 Å². The summed E-state index contributed by atoms with van der Waals surface area (Å²) < 4.78 is 13.4. The predicted molar refractivity (Wildman–Crippen MR) is 66.0 cm³/mol. The molecule has 0 aliphatic carbocycles. The van der Waals surface area contributed by atoms with Gasteiger partial charge in [0.2, 0.25) is 0 Å². The average molecular weight is 346 g/mol. The molecule has 0 amide bonds. The lowest BCUT2D eigenvalue weighted by atomic mass is 10.2. The lowest BCUT2D eigenvalue weighted by Crippen LogP contribution is -2.21. The number of aromatic hydroxyl groups is 1. The lowest BCUT2D eigenvalue weighted by molar-refractivity contribution is 0.211. The normalized spacial score (nSPS) is 12.5. The molecule has 15 heavy (non-hydrogen) atoms. The van der Waals surface area contributed by atoms with Crippen molar-refractivity contribution in [2.24, 2.45) is 0 Å². The largest absolute Gasteiger partial charge is 0.506 e. The van der Waals surface area contributed by atoms with Crippen LogP contribution in [0.5, 0.6) is 5.75 Å². The third-order valence-corrected chi connectivity index (χ3v) is 2.93. The van der Waals surface area contributed by atoms with E-state index in [4.69, 9.17) is 11.6 Å². The third kappa shape index (κ3) is 3.66. The van der Waals surface area contributed by atoms with Gasteiger partial charge < -0.3 is 15.5 Å². The van der Waals surface area contributed by atoms with E-state index in [9.17, 15) is 14.6 Å². The van der Waals surface area contributed by atoms with Gasteiger partial charge in [-0.15, -0.1) is 11.6 Å². The van der Waals surface area contributed by atoms with Crippen LogP contribution < -0.4 is 5.32 Å². The van der Waals surface area contributed by atoms with Crippen molar-refractivity contribution < 1.29 is 14.6 Å². The summed E-state index contributed by atoms with van der Waals surface area (Å²) in [4.78, 5) is 0. The lowest BCUT2D eigenvalue weighted by Gasteiger charge is -2.13. The van der Waals surface area contributed by atoms with E-state index < -0.39 is 11.9 Å². The second-order valence-corrected chi connectivity index (χ2v) is 4.44. The standard InChI is InChI=1S/C9H10ClFINO2/c10-3-6(14)4-13-9-7(12)1-5(11)2-8(9)15/h1-2,6,13-15H,3-4H2. The molecule has 0 aliphatic heterocycles. The van der Waals surface area contributed by atoms with Crippen LogP contribution in [0.15, 0.2) is 12.1 Å². The van der Waals surface area contributed by atoms with Gasteiger partial charge in [-0.05, 0) is 28.7 Å². The van der Waals surface area contributed by atoms with Crippen LogP contribution in [0.3, 0.4) is 0 Å². The number of rotatable bonds is 4. The number of hydrogen-bond donors (Lipinski definition) is 3. The number of aliphatic hydroxyl groups is 1. The fourth-order valence-electron chi connectivity index (χ4n) is 1.01. The average Bonchev–Trinajstić information content (AvgIpc) is 2.15. The van der Waals surface area contributed by atoms with Crippen molar-refractivity contribution in [3.63, 3.8) is 0 Å². The van der Waals surface area contributed by atoms with Gasteiger partial charge in [0.15, 0.2) is 0 Å². The molecule has 0 heterocycles. The molecular weight excluding hydrogens is 335 g/mol. The third-order valence-electron chi connectivity index (χ3n) is 1.73. The van der Waals surface area contributed by atoms with Crippen LogP contribution in [0.2, 0.25) is 0 Å². The van der Waals surface area contributed by atoms with E-state index in [0.29, 0.717) is 9.26 Å². The van der Waals surface area contributed by atoms with Crippen molar-refractivity contribution in [2.75, 3.05) is 17.7 Å². The molecule has 1 aromatic carbocycles. The Morgan fingerprint density at radius 1 is 1.53 bits per heavy atom. The first kappa shape index (κ1) is 12.8. The minimum atomic E-state index is -0.702. The Hall–Kier alpha value is -0.270. The number of phenols is 1. The first-order valence-electron chi connectivity index (χ1n) is 4.20. The second-order valence-electron chi connectivity index (χ2n) is 2.97. The van der Waals surface area contributed by atoms with Crippen molar-refractivity contribution in [3.05, 3.63) is 21.5 Å². The number of alkyl halides is 1. The topological polar surface area (TPSA) is 52.5 Å². The fraction of sp³-hybridized carbons (Fsp3) is 0.333. The highest BCUT2D eigenvalue weighted by Gasteiger charge is 2.10. The number of phenolic OH excluding ortho intramolecular Hbond substituents is 1. The van der Waals surface area contributed by atoms with Gasteiger partial charge in [-0.25, -0.2) is 4.39 Å². The molecule has 0 aromatic heterocycles. The zero-order valence-corrected chi connectivity index (χ0v) is 10.6. The number of anilines is 1. The van der Waals surface area contributed by atoms with Crippen LogP contribution in [0.25, 0.3) is 0 Å². The zero-order chi connectivity index (χ0) is 11.4. The van der Waals surface area contributed by atoms with Gasteiger partial charge in [0.05, 0.1) is 17.7 Å². The van der Waals surface area contributed by atoms with Crippen LogP contribution in [0.1, 0.15) is 0 Å². The molecule has 0 bridgehead atoms. The molecule has 1 atom stereocenters. The molecule has 0 saturated carbocycles. The van der Waals surface area contributed by atoms with Gasteiger partial charge in [0.25, 0.3) is 0 Å². The molecular formula is C9H10ClFINO2. The van der Waals surface area contributed by atoms with Crippen molar-refractivity contribution in [2.45, 2.75) is 6.10 Å². The van der Waals surface area contributed by atoms with Gasteiger partial charge in [0, 0.05) is 16.2 Å². The highest BCUT2D eigenvalue weighted by Crippen LogP contribution is 2.29. The minimum Gasteiger partial charge on any atom is -0.506 e. The van der Waals surface area contributed by atoms with E-state index in [1.54, 1.807) is 0 Å². The van der Waals surface area contributed by atoms with Crippen LogP contribution in [-0.2, 0) is 0 Å². The second kappa shape index (κ2) is 5.72. The molecule has 1 rings (SSSR count). The van der Waals surface area contributed by atoms with E-state index in [0.717, 1.165) is 6.07 Å². The number of aliphatic hydroxyl groups excluding tert-OH is 1. The molecule has 84 valence electrons. The Bertz CT molecular complexity index is 328. The smallest absolute Gasteiger partial charge is 0.142 e. The maximum atomic E-state index is 12.8. The van der Waals surface area contributed by atoms with Crippen LogP contribution in [0, 0.1) is 9.39 Å². The first-order valence-corrected chi connectivity index (χ1v) is 5.82. The Morgan fingerprint density at radius 3 is 2.73 bits per heavy atom. The summed E-state index contributed by atoms with van der Waals surface area (Å²) in [6.07, 6.45) is -0.702. The van der Waals surface area contributed by atoms with Gasteiger partial charge in [-0.3, -0.25) is 0 Å². The van der Waals surface area contributed by atoms with E-state index in [2.05, 4.69) is 5.32 Å². The molecule has 1 aromatic rings. The summed E-state index contributed by atoms with van der Waals surface area (Å²) in [5.41, 5.74) is 0.404. The van der Waals surface area contributed by atoms with Crippen molar-refractivity contribution >= 4 is 39.9 Å². The zero-order valence-electron chi connectivity index (χ0n) is 7.67. The maximum absolute atomic E-state index is 12.8. The molecule has 0 fully saturated rings. The molecule has 0 spiro atoms. The van der Waals surface area contributed by atoms with Crippen LogP contribution in [-0.4, -0.2) is 28.7 Å². The summed E-state index contributed by atoms with van der Waals surface area (Å²) in [5.74, 6) is -0.576. The molecule has 3 N–H and O–H groups in total. The number of halogens is 3. The van der Waals surface area contributed by atoms with E-state index in [-0.39, 0.29) is 18.2 Å². The van der Waals surface area contributed by atoms with Crippen molar-refractivity contribution in [3.8, 4) is 5.75 Å². The highest BCUT2D eigenvalue weighted by molar-refractivity contribution is 14.1. The molecule has 1 unspecified atom stereocenters. The van der Waals surface area contributed by atoms with Crippen molar-refractivity contribution in [1.82, 2.24) is 0 Å². The van der Waals surface area contributed by atoms with Crippen LogP contribution >= 0.6 is 34.2 Å². The first-order chi connectivity index (χ1) is 7.04. The van der Waals surface area contributed by atoms with Gasteiger partial charge in [0.1, 0.15) is 11.6 Å². The molecule has 0 radical (unpaired) electrons. The highest BCUT2D eigenvalue weighted by atomic mass is 127. The summed E-state index contributed by atoms with van der Waals surface area (Å²) in [7, 11) is 0. The monoisotopic (exact) mass is 345 g/mol. The Morgan fingerprint density at radius 2 is 2.20 bits per heavy atom. The summed E-state index contributed by atoms with van der Waals surface area (Å²) in [6.45, 7) is 0.207. The van der Waals surface area contributed by atoms with Crippen molar-refractivity contribution in [1.29, 1.82) is 0 Å². The Kier molecular flexibility index (Phi) is 4.88. The number of nitrogens with one attached hydrogen (secondary N) is 1. The molecule has 3 nitrogen and oxygen atoms in total. The quantitative estimate of drug-likeness (QED) is 0.445. The Labute approximate surface area is 105 Å². The summed E-state index contributed by atoms with van der Waals surface area (Å²) >= 11 is 7.30. The molecule has 0 saturated heterocycles. The number of benzene rings is 1. The fourth-order valence-corrected chi connectivity index (χ4v) is 1.88. The van der Waals surface area contributed by atoms with E-state index >= 15 is 0 Å². The van der Waals surface area contributed by atoms with Gasteiger partial charge in [-0.2, -0.15) is 0 Å². The van der Waals surface area contributed by atoms with E-state index in [1.165, 1.54) is 6.07 Å². The SMILES string of the molecule is Oc1cc(F)cc(I)c1NCC(O)CCl. The molecule has 0 aliphatic rings.